The maximum Gasteiger partial charge on any atom is 0.188 e. The third-order valence-corrected chi connectivity index (χ3v) is 3.39. The minimum absolute atomic E-state index is 0.503. The number of H-pyrrole nitrogens is 1. The number of nitrogens with zero attached hydrogens (tertiary/aromatic N) is 2. The smallest absolute Gasteiger partial charge is 0.188 e. The lowest BCUT2D eigenvalue weighted by Gasteiger charge is -2.12. The third kappa shape index (κ3) is 3.49. The zero-order chi connectivity index (χ0) is 12.1. The largest absolute Gasteiger partial charge is 0.383 e. The molecular formula is C12H16N4S. The van der Waals surface area contributed by atoms with Gasteiger partial charge in [-0.05, 0) is 37.6 Å². The van der Waals surface area contributed by atoms with Gasteiger partial charge in [0.15, 0.2) is 5.16 Å². The van der Waals surface area contributed by atoms with Crippen LogP contribution in [0.3, 0.4) is 0 Å². The second-order valence-corrected chi connectivity index (χ2v) is 4.93. The van der Waals surface area contributed by atoms with Gasteiger partial charge < -0.3 is 5.32 Å². The molecule has 0 radical (unpaired) electrons. The molecule has 2 aromatic rings. The molecule has 1 aromatic carbocycles. The number of benzene rings is 1. The highest BCUT2D eigenvalue weighted by Crippen LogP contribution is 2.25. The van der Waals surface area contributed by atoms with E-state index in [1.807, 2.05) is 0 Å². The van der Waals surface area contributed by atoms with Crippen LogP contribution < -0.4 is 5.32 Å². The molecule has 0 saturated heterocycles. The van der Waals surface area contributed by atoms with Gasteiger partial charge in [-0.1, -0.05) is 18.7 Å². The van der Waals surface area contributed by atoms with Gasteiger partial charge in [-0.25, -0.2) is 4.98 Å². The normalized spacial score (nSPS) is 12.4. The van der Waals surface area contributed by atoms with Gasteiger partial charge in [0, 0.05) is 16.6 Å². The summed E-state index contributed by atoms with van der Waals surface area (Å²) in [6, 6.07) is 8.84. The molecule has 0 fully saturated rings. The summed E-state index contributed by atoms with van der Waals surface area (Å²) < 4.78 is 0. The molecule has 2 rings (SSSR count). The van der Waals surface area contributed by atoms with Crippen molar-refractivity contribution in [1.82, 2.24) is 15.2 Å². The van der Waals surface area contributed by atoms with E-state index in [4.69, 9.17) is 0 Å². The van der Waals surface area contributed by atoms with E-state index < -0.39 is 0 Å². The molecule has 0 aliphatic rings. The number of hydrogen-bond acceptors (Lipinski definition) is 4. The van der Waals surface area contributed by atoms with Gasteiger partial charge in [0.25, 0.3) is 0 Å². The van der Waals surface area contributed by atoms with Crippen LogP contribution in [0.2, 0.25) is 0 Å². The molecular weight excluding hydrogens is 232 g/mol. The van der Waals surface area contributed by atoms with Crippen molar-refractivity contribution in [3.63, 3.8) is 0 Å². The van der Waals surface area contributed by atoms with E-state index >= 15 is 0 Å². The molecule has 0 bridgehead atoms. The number of nitrogens with one attached hydrogen (secondary N) is 2. The van der Waals surface area contributed by atoms with E-state index in [0.717, 1.165) is 22.2 Å². The van der Waals surface area contributed by atoms with Crippen LogP contribution >= 0.6 is 11.8 Å². The maximum absolute atomic E-state index is 4.08. The molecule has 1 heterocycles. The average Bonchev–Trinajstić information content (AvgIpc) is 2.84. The summed E-state index contributed by atoms with van der Waals surface area (Å²) in [7, 11) is 0. The van der Waals surface area contributed by atoms with E-state index in [-0.39, 0.29) is 0 Å². The zero-order valence-corrected chi connectivity index (χ0v) is 10.8. The van der Waals surface area contributed by atoms with Gasteiger partial charge in [0.2, 0.25) is 0 Å². The first-order chi connectivity index (χ1) is 8.28. The van der Waals surface area contributed by atoms with Crippen molar-refractivity contribution in [3.05, 3.63) is 30.6 Å². The maximum atomic E-state index is 4.08. The van der Waals surface area contributed by atoms with Crippen LogP contribution in [0.4, 0.5) is 5.69 Å². The highest BCUT2D eigenvalue weighted by atomic mass is 32.2. The molecule has 5 heteroatoms. The summed E-state index contributed by atoms with van der Waals surface area (Å²) in [6.45, 7) is 4.35. The lowest BCUT2D eigenvalue weighted by Crippen LogP contribution is -2.12. The van der Waals surface area contributed by atoms with Crippen molar-refractivity contribution in [2.45, 2.75) is 36.4 Å². The SMILES string of the molecule is CCC(C)Nc1ccc(Sc2ncn[nH]2)cc1. The standard InChI is InChI=1S/C12H16N4S/c1-3-9(2)15-10-4-6-11(7-5-10)17-12-13-8-14-16-12/h4-9,15H,3H2,1-2H3,(H,13,14,16). The molecule has 90 valence electrons. The predicted octanol–water partition coefficient (Wildman–Crippen LogP) is 3.17. The molecule has 1 unspecified atom stereocenters. The Morgan fingerprint density at radius 3 is 2.71 bits per heavy atom. The highest BCUT2D eigenvalue weighted by molar-refractivity contribution is 7.99. The molecule has 0 spiro atoms. The third-order valence-electron chi connectivity index (χ3n) is 2.49. The minimum Gasteiger partial charge on any atom is -0.383 e. The quantitative estimate of drug-likeness (QED) is 0.853. The highest BCUT2D eigenvalue weighted by Gasteiger charge is 2.01. The number of anilines is 1. The minimum atomic E-state index is 0.503. The number of aromatic nitrogens is 3. The van der Waals surface area contributed by atoms with E-state index in [2.05, 4.69) is 58.6 Å². The number of hydrogen-bond donors (Lipinski definition) is 2. The summed E-state index contributed by atoms with van der Waals surface area (Å²) in [5, 5.41) is 10.9. The number of aromatic amines is 1. The molecule has 0 aliphatic heterocycles. The van der Waals surface area contributed by atoms with E-state index in [1.54, 1.807) is 11.8 Å². The Bertz CT molecular complexity index is 438. The van der Waals surface area contributed by atoms with Crippen molar-refractivity contribution in [2.24, 2.45) is 0 Å². The fraction of sp³-hybridized carbons (Fsp3) is 0.333. The summed E-state index contributed by atoms with van der Waals surface area (Å²) in [4.78, 5) is 5.23. The van der Waals surface area contributed by atoms with E-state index in [0.29, 0.717) is 6.04 Å². The van der Waals surface area contributed by atoms with E-state index in [1.165, 1.54) is 6.33 Å². The lowest BCUT2D eigenvalue weighted by molar-refractivity contribution is 0.764. The van der Waals surface area contributed by atoms with Crippen LogP contribution in [0.5, 0.6) is 0 Å². The summed E-state index contributed by atoms with van der Waals surface area (Å²) in [5.74, 6) is 0. The molecule has 0 aliphatic carbocycles. The van der Waals surface area contributed by atoms with Crippen molar-refractivity contribution in [3.8, 4) is 0 Å². The van der Waals surface area contributed by atoms with Crippen LogP contribution in [0.25, 0.3) is 0 Å². The van der Waals surface area contributed by atoms with Gasteiger partial charge in [0.05, 0.1) is 0 Å². The second-order valence-electron chi connectivity index (χ2n) is 3.87. The van der Waals surface area contributed by atoms with Crippen LogP contribution in [0.15, 0.2) is 40.6 Å². The van der Waals surface area contributed by atoms with E-state index in [9.17, 15) is 0 Å². The van der Waals surface area contributed by atoms with Crippen molar-refractivity contribution in [1.29, 1.82) is 0 Å². The van der Waals surface area contributed by atoms with Crippen LogP contribution in [0, 0.1) is 0 Å². The molecule has 2 N–H and O–H groups in total. The monoisotopic (exact) mass is 248 g/mol. The van der Waals surface area contributed by atoms with Gasteiger partial charge in [-0.2, -0.15) is 5.10 Å². The van der Waals surface area contributed by atoms with Crippen LogP contribution in [-0.2, 0) is 0 Å². The first-order valence-electron chi connectivity index (χ1n) is 5.67. The Kier molecular flexibility index (Phi) is 4.03. The predicted molar refractivity (Wildman–Crippen MR) is 70.3 cm³/mol. The van der Waals surface area contributed by atoms with Gasteiger partial charge >= 0.3 is 0 Å². The first kappa shape index (κ1) is 12.0. The summed E-state index contributed by atoms with van der Waals surface area (Å²) in [6.07, 6.45) is 2.63. The van der Waals surface area contributed by atoms with Crippen molar-refractivity contribution >= 4 is 17.4 Å². The Labute approximate surface area is 105 Å². The molecule has 0 saturated carbocycles. The zero-order valence-electron chi connectivity index (χ0n) is 9.97. The van der Waals surface area contributed by atoms with Crippen molar-refractivity contribution < 1.29 is 0 Å². The Hall–Kier alpha value is -1.49. The fourth-order valence-electron chi connectivity index (χ4n) is 1.36. The molecule has 17 heavy (non-hydrogen) atoms. The second kappa shape index (κ2) is 5.72. The summed E-state index contributed by atoms with van der Waals surface area (Å²) >= 11 is 1.57. The number of rotatable bonds is 5. The fourth-order valence-corrected chi connectivity index (χ4v) is 2.05. The first-order valence-corrected chi connectivity index (χ1v) is 6.49. The summed E-state index contributed by atoms with van der Waals surface area (Å²) in [5.41, 5.74) is 1.15. The lowest BCUT2D eigenvalue weighted by atomic mass is 10.2. The Morgan fingerprint density at radius 1 is 1.35 bits per heavy atom. The van der Waals surface area contributed by atoms with Gasteiger partial charge in [-0.3, -0.25) is 5.10 Å². The molecule has 1 atom stereocenters. The van der Waals surface area contributed by atoms with Crippen molar-refractivity contribution in [2.75, 3.05) is 5.32 Å². The Morgan fingerprint density at radius 2 is 2.12 bits per heavy atom. The molecule has 4 nitrogen and oxygen atoms in total. The molecule has 0 amide bonds. The average molecular weight is 248 g/mol. The van der Waals surface area contributed by atoms with Crippen LogP contribution in [-0.4, -0.2) is 21.2 Å². The van der Waals surface area contributed by atoms with Gasteiger partial charge in [-0.15, -0.1) is 0 Å². The van der Waals surface area contributed by atoms with Crippen LogP contribution in [0.1, 0.15) is 20.3 Å². The molecule has 1 aromatic heterocycles. The van der Waals surface area contributed by atoms with Gasteiger partial charge in [0.1, 0.15) is 6.33 Å². The Balaban J connectivity index is 1.98. The topological polar surface area (TPSA) is 53.6 Å².